The largest absolute Gasteiger partial charge is 0.477 e. The van der Waals surface area contributed by atoms with Crippen LogP contribution in [-0.4, -0.2) is 17.0 Å². The summed E-state index contributed by atoms with van der Waals surface area (Å²) in [4.78, 5) is 23.8. The highest BCUT2D eigenvalue weighted by Gasteiger charge is 2.13. The first kappa shape index (κ1) is 20.8. The summed E-state index contributed by atoms with van der Waals surface area (Å²) in [5, 5.41) is 20.7. The zero-order chi connectivity index (χ0) is 21.5. The van der Waals surface area contributed by atoms with Gasteiger partial charge in [-0.25, -0.2) is 4.79 Å². The fourth-order valence-corrected chi connectivity index (χ4v) is 2.97. The third-order valence-electron chi connectivity index (χ3n) is 3.99. The lowest BCUT2D eigenvalue weighted by Crippen LogP contribution is -2.27. The monoisotopic (exact) mass is 462 g/mol. The van der Waals surface area contributed by atoms with Crippen LogP contribution in [0.2, 0.25) is 0 Å². The van der Waals surface area contributed by atoms with Gasteiger partial charge >= 0.3 is 5.97 Å². The Balaban J connectivity index is 1.75. The number of hydrogen-bond donors (Lipinski definition) is 2. The molecule has 0 saturated heterocycles. The van der Waals surface area contributed by atoms with Gasteiger partial charge in [0.2, 0.25) is 0 Å². The fraction of sp³-hybridized carbons (Fsp3) is 0. The zero-order valence-electron chi connectivity index (χ0n) is 15.5. The van der Waals surface area contributed by atoms with Crippen LogP contribution >= 0.6 is 15.9 Å². The van der Waals surface area contributed by atoms with Crippen molar-refractivity contribution in [2.24, 2.45) is 0 Å². The van der Waals surface area contributed by atoms with E-state index in [9.17, 15) is 14.7 Å². The highest BCUT2D eigenvalue weighted by Crippen LogP contribution is 2.30. The van der Waals surface area contributed by atoms with Crippen molar-refractivity contribution < 1.29 is 19.4 Å². The molecule has 0 fully saturated rings. The molecule has 0 aliphatic rings. The zero-order valence-corrected chi connectivity index (χ0v) is 17.1. The molecule has 1 amide bonds. The van der Waals surface area contributed by atoms with Gasteiger partial charge in [-0.3, -0.25) is 4.79 Å². The highest BCUT2D eigenvalue weighted by atomic mass is 79.9. The molecule has 0 unspecified atom stereocenters. The normalized spacial score (nSPS) is 10.7. The molecule has 0 atom stereocenters. The lowest BCUT2D eigenvalue weighted by molar-refractivity contribution is -0.132. The number of carbonyl (C=O) groups excluding carboxylic acids is 1. The van der Waals surface area contributed by atoms with Crippen LogP contribution < -0.4 is 10.1 Å². The number of benzene rings is 3. The van der Waals surface area contributed by atoms with Crippen LogP contribution in [-0.2, 0) is 4.79 Å². The Labute approximate surface area is 181 Å². The van der Waals surface area contributed by atoms with Crippen molar-refractivity contribution in [2.45, 2.75) is 0 Å². The highest BCUT2D eigenvalue weighted by molar-refractivity contribution is 9.10. The van der Waals surface area contributed by atoms with E-state index in [1.165, 1.54) is 6.08 Å². The molecule has 0 aliphatic carbocycles. The molecule has 2 N–H and O–H groups in total. The van der Waals surface area contributed by atoms with E-state index in [0.29, 0.717) is 32.7 Å². The summed E-state index contributed by atoms with van der Waals surface area (Å²) < 4.78 is 6.42. The standard InChI is InChI=1S/C23H15BrN2O4/c24-19-12-16(14-25)8-11-21(19)30-18-9-6-15(7-10-18)13-20(23(28)29)26-22(27)17-4-2-1-3-5-17/h1-13H,(H,26,27)(H,28,29)/b20-13-. The molecule has 0 saturated carbocycles. The van der Waals surface area contributed by atoms with E-state index in [-0.39, 0.29) is 5.70 Å². The van der Waals surface area contributed by atoms with Gasteiger partial charge in [0, 0.05) is 5.56 Å². The first-order valence-corrected chi connectivity index (χ1v) is 9.54. The van der Waals surface area contributed by atoms with E-state index in [0.717, 1.165) is 0 Å². The SMILES string of the molecule is N#Cc1ccc(Oc2ccc(/C=C(\NC(=O)c3ccccc3)C(=O)O)cc2)c(Br)c1. The van der Waals surface area contributed by atoms with Gasteiger partial charge < -0.3 is 15.2 Å². The number of halogens is 1. The summed E-state index contributed by atoms with van der Waals surface area (Å²) in [5.74, 6) is -0.683. The fourth-order valence-electron chi connectivity index (χ4n) is 2.51. The van der Waals surface area contributed by atoms with Crippen molar-refractivity contribution in [2.75, 3.05) is 0 Å². The van der Waals surface area contributed by atoms with Gasteiger partial charge in [-0.1, -0.05) is 30.3 Å². The molecule has 148 valence electrons. The van der Waals surface area contributed by atoms with E-state index >= 15 is 0 Å². The summed E-state index contributed by atoms with van der Waals surface area (Å²) in [6.07, 6.45) is 1.37. The Morgan fingerprint density at radius 2 is 1.73 bits per heavy atom. The number of nitrogens with one attached hydrogen (secondary N) is 1. The average molecular weight is 463 g/mol. The Morgan fingerprint density at radius 1 is 1.03 bits per heavy atom. The average Bonchev–Trinajstić information content (AvgIpc) is 2.76. The molecule has 3 aromatic carbocycles. The first-order chi connectivity index (χ1) is 14.5. The van der Waals surface area contributed by atoms with Gasteiger partial charge in [0.15, 0.2) is 0 Å². The predicted octanol–water partition coefficient (Wildman–Crippen LogP) is 4.97. The minimum absolute atomic E-state index is 0.243. The summed E-state index contributed by atoms with van der Waals surface area (Å²) in [6.45, 7) is 0. The smallest absolute Gasteiger partial charge is 0.352 e. The second-order valence-electron chi connectivity index (χ2n) is 6.11. The Morgan fingerprint density at radius 3 is 2.33 bits per heavy atom. The molecular weight excluding hydrogens is 448 g/mol. The Bertz CT molecular complexity index is 1150. The van der Waals surface area contributed by atoms with Crippen molar-refractivity contribution in [1.29, 1.82) is 5.26 Å². The molecular formula is C23H15BrN2O4. The van der Waals surface area contributed by atoms with Gasteiger partial charge in [0.05, 0.1) is 16.1 Å². The number of rotatable bonds is 6. The number of hydrogen-bond acceptors (Lipinski definition) is 4. The van der Waals surface area contributed by atoms with E-state index in [2.05, 4.69) is 21.2 Å². The molecule has 3 rings (SSSR count). The molecule has 7 heteroatoms. The van der Waals surface area contributed by atoms with Crippen LogP contribution in [0.4, 0.5) is 0 Å². The number of carboxylic acid groups (broad SMARTS) is 1. The number of carbonyl (C=O) groups is 2. The second-order valence-corrected chi connectivity index (χ2v) is 6.97. The number of amides is 1. The number of nitrogens with zero attached hydrogens (tertiary/aromatic N) is 1. The number of ether oxygens (including phenoxy) is 1. The van der Waals surface area contributed by atoms with Crippen LogP contribution in [0.25, 0.3) is 6.08 Å². The van der Waals surface area contributed by atoms with E-state index in [4.69, 9.17) is 10.00 Å². The van der Waals surface area contributed by atoms with Gasteiger partial charge in [0.1, 0.15) is 17.2 Å². The summed E-state index contributed by atoms with van der Waals surface area (Å²) in [5.41, 5.74) is 1.20. The summed E-state index contributed by atoms with van der Waals surface area (Å²) in [6, 6.07) is 22.1. The van der Waals surface area contributed by atoms with Crippen LogP contribution in [0.1, 0.15) is 21.5 Å². The molecule has 6 nitrogen and oxygen atoms in total. The third kappa shape index (κ3) is 5.34. The molecule has 0 radical (unpaired) electrons. The molecule has 0 aromatic heterocycles. The number of carboxylic acids is 1. The molecule has 3 aromatic rings. The molecule has 0 bridgehead atoms. The van der Waals surface area contributed by atoms with E-state index in [1.807, 2.05) is 6.07 Å². The molecule has 0 spiro atoms. The van der Waals surface area contributed by atoms with Crippen LogP contribution in [0.15, 0.2) is 83.0 Å². The molecule has 30 heavy (non-hydrogen) atoms. The van der Waals surface area contributed by atoms with Crippen molar-refractivity contribution in [1.82, 2.24) is 5.32 Å². The topological polar surface area (TPSA) is 99.4 Å². The van der Waals surface area contributed by atoms with Gasteiger partial charge in [-0.05, 0) is 70.0 Å². The lowest BCUT2D eigenvalue weighted by Gasteiger charge is -2.09. The number of aliphatic carboxylic acids is 1. The quantitative estimate of drug-likeness (QED) is 0.503. The Hall–Kier alpha value is -3.89. The van der Waals surface area contributed by atoms with Crippen molar-refractivity contribution in [3.63, 3.8) is 0 Å². The maximum atomic E-state index is 12.2. The van der Waals surface area contributed by atoms with Gasteiger partial charge in [-0.15, -0.1) is 0 Å². The van der Waals surface area contributed by atoms with Crippen molar-refractivity contribution in [3.05, 3.63) is 99.7 Å². The number of nitriles is 1. The van der Waals surface area contributed by atoms with Gasteiger partial charge in [-0.2, -0.15) is 5.26 Å². The minimum Gasteiger partial charge on any atom is -0.477 e. The van der Waals surface area contributed by atoms with E-state index < -0.39 is 11.9 Å². The van der Waals surface area contributed by atoms with Crippen molar-refractivity contribution in [3.8, 4) is 17.6 Å². The summed E-state index contributed by atoms with van der Waals surface area (Å²) in [7, 11) is 0. The molecule has 0 aliphatic heterocycles. The minimum atomic E-state index is -1.25. The maximum Gasteiger partial charge on any atom is 0.352 e. The van der Waals surface area contributed by atoms with Crippen LogP contribution in [0, 0.1) is 11.3 Å². The lowest BCUT2D eigenvalue weighted by atomic mass is 10.1. The van der Waals surface area contributed by atoms with Gasteiger partial charge in [0.25, 0.3) is 5.91 Å². The first-order valence-electron chi connectivity index (χ1n) is 8.75. The molecule has 0 heterocycles. The third-order valence-corrected chi connectivity index (χ3v) is 4.61. The van der Waals surface area contributed by atoms with Crippen LogP contribution in [0.3, 0.4) is 0 Å². The maximum absolute atomic E-state index is 12.2. The second kappa shape index (κ2) is 9.54. The van der Waals surface area contributed by atoms with Crippen molar-refractivity contribution >= 4 is 33.9 Å². The predicted molar refractivity (Wildman–Crippen MR) is 115 cm³/mol. The van der Waals surface area contributed by atoms with Crippen LogP contribution in [0.5, 0.6) is 11.5 Å². The van der Waals surface area contributed by atoms with E-state index in [1.54, 1.807) is 72.8 Å². The summed E-state index contributed by atoms with van der Waals surface area (Å²) >= 11 is 3.36. The Kier molecular flexibility index (Phi) is 6.63.